The molecule has 2 N–H and O–H groups in total. The normalized spacial score (nSPS) is 12.7. The Hall–Kier alpha value is -1.36. The largest absolute Gasteiger partial charge is 0.383 e. The molecule has 1 aromatic rings. The second kappa shape index (κ2) is 7.28. The van der Waals surface area contributed by atoms with E-state index in [1.54, 1.807) is 13.4 Å². The van der Waals surface area contributed by atoms with Crippen molar-refractivity contribution in [1.29, 1.82) is 0 Å². The van der Waals surface area contributed by atoms with Gasteiger partial charge in [-0.1, -0.05) is 20.8 Å². The van der Waals surface area contributed by atoms with Crippen molar-refractivity contribution in [1.82, 2.24) is 9.97 Å². The first-order valence-electron chi connectivity index (χ1n) is 6.88. The molecule has 1 rings (SSSR count). The molecule has 1 heterocycles. The topological polar surface area (TPSA) is 64.3 Å². The third kappa shape index (κ3) is 3.80. The SMILES string of the molecule is CCC(C)N(CCOC)c1ncnc(N)c1C(C)C. The average molecular weight is 266 g/mol. The summed E-state index contributed by atoms with van der Waals surface area (Å²) in [6.07, 6.45) is 2.59. The highest BCUT2D eigenvalue weighted by molar-refractivity contribution is 5.58. The molecule has 1 aromatic heterocycles. The predicted octanol–water partition coefficient (Wildman–Crippen LogP) is 2.43. The molecule has 5 nitrogen and oxygen atoms in total. The van der Waals surface area contributed by atoms with E-state index in [-0.39, 0.29) is 0 Å². The zero-order valence-electron chi connectivity index (χ0n) is 12.7. The molecule has 108 valence electrons. The Labute approximate surface area is 116 Å². The van der Waals surface area contributed by atoms with Gasteiger partial charge in [-0.25, -0.2) is 9.97 Å². The molecule has 0 aliphatic carbocycles. The van der Waals surface area contributed by atoms with Gasteiger partial charge in [0.05, 0.1) is 6.61 Å². The van der Waals surface area contributed by atoms with Crippen LogP contribution >= 0.6 is 0 Å². The Morgan fingerprint density at radius 2 is 2.00 bits per heavy atom. The number of aromatic nitrogens is 2. The molecule has 0 aliphatic heterocycles. The molecule has 0 saturated heterocycles. The smallest absolute Gasteiger partial charge is 0.137 e. The minimum Gasteiger partial charge on any atom is -0.383 e. The van der Waals surface area contributed by atoms with Gasteiger partial charge in [0.1, 0.15) is 18.0 Å². The lowest BCUT2D eigenvalue weighted by atomic mass is 10.0. The van der Waals surface area contributed by atoms with Crippen molar-refractivity contribution in [3.05, 3.63) is 11.9 Å². The summed E-state index contributed by atoms with van der Waals surface area (Å²) in [5.41, 5.74) is 7.05. The van der Waals surface area contributed by atoms with Gasteiger partial charge in [0.25, 0.3) is 0 Å². The zero-order valence-corrected chi connectivity index (χ0v) is 12.7. The summed E-state index contributed by atoms with van der Waals surface area (Å²) in [5.74, 6) is 1.81. The fraction of sp³-hybridized carbons (Fsp3) is 0.714. The molecular formula is C14H26N4O. The van der Waals surface area contributed by atoms with Crippen LogP contribution in [0.5, 0.6) is 0 Å². The van der Waals surface area contributed by atoms with Crippen LogP contribution in [0, 0.1) is 0 Å². The predicted molar refractivity (Wildman–Crippen MR) is 79.5 cm³/mol. The fourth-order valence-corrected chi connectivity index (χ4v) is 2.13. The lowest BCUT2D eigenvalue weighted by molar-refractivity contribution is 0.203. The molecule has 0 aliphatic rings. The van der Waals surface area contributed by atoms with Crippen molar-refractivity contribution in [3.8, 4) is 0 Å². The highest BCUT2D eigenvalue weighted by atomic mass is 16.5. The Balaban J connectivity index is 3.17. The van der Waals surface area contributed by atoms with Crippen LogP contribution in [0.3, 0.4) is 0 Å². The monoisotopic (exact) mass is 266 g/mol. The molecule has 0 fully saturated rings. The molecule has 1 unspecified atom stereocenters. The van der Waals surface area contributed by atoms with E-state index in [9.17, 15) is 0 Å². The number of nitrogens with two attached hydrogens (primary N) is 1. The van der Waals surface area contributed by atoms with Crippen LogP contribution in [0.15, 0.2) is 6.33 Å². The first-order chi connectivity index (χ1) is 9.02. The molecule has 0 radical (unpaired) electrons. The van der Waals surface area contributed by atoms with E-state index in [1.807, 2.05) is 0 Å². The molecule has 0 amide bonds. The first kappa shape index (κ1) is 15.7. The lowest BCUT2D eigenvalue weighted by Crippen LogP contribution is -2.37. The quantitative estimate of drug-likeness (QED) is 0.821. The molecule has 0 bridgehead atoms. The van der Waals surface area contributed by atoms with Crippen molar-refractivity contribution in [2.45, 2.75) is 46.1 Å². The number of hydrogen-bond donors (Lipinski definition) is 1. The second-order valence-electron chi connectivity index (χ2n) is 5.09. The Kier molecular flexibility index (Phi) is 6.02. The van der Waals surface area contributed by atoms with Gasteiger partial charge in [-0.2, -0.15) is 0 Å². The van der Waals surface area contributed by atoms with Crippen LogP contribution < -0.4 is 10.6 Å². The average Bonchev–Trinajstić information content (AvgIpc) is 2.38. The third-order valence-corrected chi connectivity index (χ3v) is 3.40. The molecule has 1 atom stereocenters. The Morgan fingerprint density at radius 1 is 1.32 bits per heavy atom. The van der Waals surface area contributed by atoms with E-state index in [0.29, 0.717) is 24.4 Å². The van der Waals surface area contributed by atoms with Crippen molar-refractivity contribution < 1.29 is 4.74 Å². The maximum Gasteiger partial charge on any atom is 0.137 e. The number of hydrogen-bond acceptors (Lipinski definition) is 5. The van der Waals surface area contributed by atoms with E-state index in [1.165, 1.54) is 0 Å². The summed E-state index contributed by atoms with van der Waals surface area (Å²) in [6, 6.07) is 0.391. The minimum absolute atomic E-state index is 0.297. The minimum atomic E-state index is 0.297. The van der Waals surface area contributed by atoms with Gasteiger partial charge < -0.3 is 15.4 Å². The lowest BCUT2D eigenvalue weighted by Gasteiger charge is -2.32. The standard InChI is InChI=1S/C14H26N4O/c1-6-11(4)18(7-8-19-5)14-12(10(2)3)13(15)16-9-17-14/h9-11H,6-8H2,1-5H3,(H2,15,16,17). The van der Waals surface area contributed by atoms with E-state index < -0.39 is 0 Å². The number of nitrogens with zero attached hydrogens (tertiary/aromatic N) is 3. The number of ether oxygens (including phenoxy) is 1. The van der Waals surface area contributed by atoms with Crippen LogP contribution in [0.25, 0.3) is 0 Å². The first-order valence-corrected chi connectivity index (χ1v) is 6.88. The van der Waals surface area contributed by atoms with Crippen molar-refractivity contribution in [2.24, 2.45) is 0 Å². The van der Waals surface area contributed by atoms with Crippen LogP contribution in [0.4, 0.5) is 11.6 Å². The summed E-state index contributed by atoms with van der Waals surface area (Å²) in [4.78, 5) is 10.8. The summed E-state index contributed by atoms with van der Waals surface area (Å²) in [5, 5.41) is 0. The summed E-state index contributed by atoms with van der Waals surface area (Å²) >= 11 is 0. The summed E-state index contributed by atoms with van der Waals surface area (Å²) in [7, 11) is 1.71. The highest BCUT2D eigenvalue weighted by Gasteiger charge is 2.21. The van der Waals surface area contributed by atoms with Gasteiger partial charge in [0.15, 0.2) is 0 Å². The molecule has 19 heavy (non-hydrogen) atoms. The highest BCUT2D eigenvalue weighted by Crippen LogP contribution is 2.30. The van der Waals surface area contributed by atoms with E-state index in [2.05, 4.69) is 42.6 Å². The van der Waals surface area contributed by atoms with Gasteiger partial charge in [0.2, 0.25) is 0 Å². The molecule has 0 spiro atoms. The number of nitrogen functional groups attached to an aromatic ring is 1. The second-order valence-corrected chi connectivity index (χ2v) is 5.09. The van der Waals surface area contributed by atoms with Crippen LogP contribution in [-0.4, -0.2) is 36.3 Å². The summed E-state index contributed by atoms with van der Waals surface area (Å²) < 4.78 is 5.20. The van der Waals surface area contributed by atoms with Gasteiger partial charge in [-0.15, -0.1) is 0 Å². The number of anilines is 2. The number of methoxy groups -OCH3 is 1. The third-order valence-electron chi connectivity index (χ3n) is 3.40. The number of rotatable bonds is 7. The van der Waals surface area contributed by atoms with Crippen LogP contribution in [0.2, 0.25) is 0 Å². The molecule has 5 heteroatoms. The maximum absolute atomic E-state index is 6.02. The van der Waals surface area contributed by atoms with Crippen molar-refractivity contribution in [3.63, 3.8) is 0 Å². The van der Waals surface area contributed by atoms with E-state index >= 15 is 0 Å². The molecule has 0 aromatic carbocycles. The van der Waals surface area contributed by atoms with Gasteiger partial charge in [-0.05, 0) is 19.3 Å². The van der Waals surface area contributed by atoms with Crippen LogP contribution in [-0.2, 0) is 4.74 Å². The van der Waals surface area contributed by atoms with Gasteiger partial charge >= 0.3 is 0 Å². The van der Waals surface area contributed by atoms with Gasteiger partial charge in [0, 0.05) is 25.3 Å². The molecular weight excluding hydrogens is 240 g/mol. The van der Waals surface area contributed by atoms with Crippen molar-refractivity contribution in [2.75, 3.05) is 30.9 Å². The van der Waals surface area contributed by atoms with E-state index in [4.69, 9.17) is 10.5 Å². The van der Waals surface area contributed by atoms with Gasteiger partial charge in [-0.3, -0.25) is 0 Å². The summed E-state index contributed by atoms with van der Waals surface area (Å²) in [6.45, 7) is 10.1. The fourth-order valence-electron chi connectivity index (χ4n) is 2.13. The van der Waals surface area contributed by atoms with E-state index in [0.717, 1.165) is 24.3 Å². The maximum atomic E-state index is 6.02. The van der Waals surface area contributed by atoms with Crippen LogP contribution in [0.1, 0.15) is 45.6 Å². The zero-order chi connectivity index (χ0) is 14.4. The Morgan fingerprint density at radius 3 is 2.53 bits per heavy atom. The Bertz CT molecular complexity index is 395. The molecule has 0 saturated carbocycles. The van der Waals surface area contributed by atoms with Crippen molar-refractivity contribution >= 4 is 11.6 Å².